The number of amides is 1. The molecular weight excluding hydrogens is 254 g/mol. The van der Waals surface area contributed by atoms with E-state index in [4.69, 9.17) is 0 Å². The second kappa shape index (κ2) is 8.77. The Labute approximate surface area is 121 Å². The zero-order chi connectivity index (χ0) is 15.0. The summed E-state index contributed by atoms with van der Waals surface area (Å²) in [6.07, 6.45) is 10.5. The first-order valence-corrected chi connectivity index (χ1v) is 7.82. The smallest absolute Gasteiger partial charge is 0.258 e. The lowest BCUT2D eigenvalue weighted by Gasteiger charge is -2.10. The van der Waals surface area contributed by atoms with Gasteiger partial charge in [0.05, 0.1) is 6.04 Å². The number of aliphatic hydroxyl groups is 1. The molecule has 20 heavy (non-hydrogen) atoms. The lowest BCUT2D eigenvalue weighted by atomic mass is 10.0. The molecule has 1 rings (SSSR count). The van der Waals surface area contributed by atoms with E-state index in [1.165, 1.54) is 45.4 Å². The number of carbonyl (C=O) groups is 2. The summed E-state index contributed by atoms with van der Waals surface area (Å²) in [6, 6.07) is -0.360. The average Bonchev–Trinajstić information content (AvgIpc) is 2.67. The summed E-state index contributed by atoms with van der Waals surface area (Å²) in [5, 5.41) is 12.5. The van der Waals surface area contributed by atoms with Gasteiger partial charge in [-0.25, -0.2) is 0 Å². The third-order valence-electron chi connectivity index (χ3n) is 3.82. The van der Waals surface area contributed by atoms with Crippen molar-refractivity contribution in [3.05, 3.63) is 11.3 Å². The minimum Gasteiger partial charge on any atom is -0.509 e. The fraction of sp³-hybridized carbons (Fsp3) is 0.750. The van der Waals surface area contributed by atoms with E-state index in [1.54, 1.807) is 0 Å². The summed E-state index contributed by atoms with van der Waals surface area (Å²) in [7, 11) is 0. The Hall–Kier alpha value is -1.32. The highest BCUT2D eigenvalue weighted by molar-refractivity contribution is 6.20. The quantitative estimate of drug-likeness (QED) is 0.476. The van der Waals surface area contributed by atoms with Crippen molar-refractivity contribution in [1.29, 1.82) is 0 Å². The monoisotopic (exact) mass is 281 g/mol. The summed E-state index contributed by atoms with van der Waals surface area (Å²) < 4.78 is 0. The van der Waals surface area contributed by atoms with Gasteiger partial charge in [-0.05, 0) is 13.3 Å². The predicted molar refractivity (Wildman–Crippen MR) is 79.5 cm³/mol. The molecular formula is C16H27NO3. The van der Waals surface area contributed by atoms with Gasteiger partial charge >= 0.3 is 0 Å². The molecule has 0 radical (unpaired) electrons. The molecule has 0 bridgehead atoms. The van der Waals surface area contributed by atoms with E-state index < -0.39 is 5.91 Å². The molecule has 0 saturated heterocycles. The topological polar surface area (TPSA) is 66.4 Å². The van der Waals surface area contributed by atoms with Crippen molar-refractivity contribution < 1.29 is 14.7 Å². The van der Waals surface area contributed by atoms with E-state index in [0.717, 1.165) is 12.8 Å². The van der Waals surface area contributed by atoms with E-state index in [1.807, 2.05) is 0 Å². The Balaban J connectivity index is 2.17. The number of carbonyl (C=O) groups excluding carboxylic acids is 2. The molecule has 1 atom stereocenters. The van der Waals surface area contributed by atoms with Crippen molar-refractivity contribution in [2.24, 2.45) is 0 Å². The van der Waals surface area contributed by atoms with Gasteiger partial charge < -0.3 is 10.4 Å². The zero-order valence-electron chi connectivity index (χ0n) is 12.7. The average molecular weight is 281 g/mol. The maximum absolute atomic E-state index is 11.5. The minimum atomic E-state index is -0.431. The molecule has 1 aliphatic heterocycles. The number of unbranched alkanes of at least 4 members (excludes halogenated alkanes) is 7. The van der Waals surface area contributed by atoms with Crippen LogP contribution < -0.4 is 5.32 Å². The molecule has 1 unspecified atom stereocenters. The molecule has 0 saturated carbocycles. The van der Waals surface area contributed by atoms with Crippen LogP contribution in [0.5, 0.6) is 0 Å². The van der Waals surface area contributed by atoms with Crippen LogP contribution >= 0.6 is 0 Å². The van der Waals surface area contributed by atoms with E-state index in [2.05, 4.69) is 12.2 Å². The molecule has 0 aromatic carbocycles. The van der Waals surface area contributed by atoms with Gasteiger partial charge in [0.15, 0.2) is 5.78 Å². The van der Waals surface area contributed by atoms with Crippen LogP contribution in [0.25, 0.3) is 0 Å². The van der Waals surface area contributed by atoms with Gasteiger partial charge in [0.1, 0.15) is 11.3 Å². The highest BCUT2D eigenvalue weighted by Gasteiger charge is 2.33. The largest absolute Gasteiger partial charge is 0.509 e. The second-order valence-electron chi connectivity index (χ2n) is 5.61. The lowest BCUT2D eigenvalue weighted by molar-refractivity contribution is -0.121. The van der Waals surface area contributed by atoms with Crippen molar-refractivity contribution in [2.45, 2.75) is 77.7 Å². The summed E-state index contributed by atoms with van der Waals surface area (Å²) >= 11 is 0. The van der Waals surface area contributed by atoms with Crippen LogP contribution in [0.2, 0.25) is 0 Å². The van der Waals surface area contributed by atoms with Gasteiger partial charge in [0.25, 0.3) is 5.91 Å². The van der Waals surface area contributed by atoms with Crippen molar-refractivity contribution in [3.63, 3.8) is 0 Å². The number of nitrogens with one attached hydrogen (secondary N) is 1. The van der Waals surface area contributed by atoms with Gasteiger partial charge in [0, 0.05) is 0 Å². The Bertz CT molecular complexity index is 374. The third-order valence-corrected chi connectivity index (χ3v) is 3.82. The molecule has 2 N–H and O–H groups in total. The summed E-state index contributed by atoms with van der Waals surface area (Å²) in [5.41, 5.74) is -0.0606. The van der Waals surface area contributed by atoms with Crippen LogP contribution in [0.1, 0.15) is 71.6 Å². The molecule has 0 aromatic heterocycles. The van der Waals surface area contributed by atoms with Gasteiger partial charge in [-0.15, -0.1) is 0 Å². The number of Topliss-reactive ketones (excluding diaryl/α,β-unsaturated/α-hetero) is 1. The van der Waals surface area contributed by atoms with Gasteiger partial charge in [0.2, 0.25) is 0 Å². The van der Waals surface area contributed by atoms with Crippen LogP contribution in [-0.2, 0) is 9.59 Å². The Kier molecular flexibility index (Phi) is 7.34. The fourth-order valence-corrected chi connectivity index (χ4v) is 2.62. The number of ketones is 1. The van der Waals surface area contributed by atoms with Crippen molar-refractivity contribution in [1.82, 2.24) is 5.32 Å². The molecule has 4 heteroatoms. The molecule has 0 aromatic rings. The fourth-order valence-electron chi connectivity index (χ4n) is 2.62. The SMILES string of the molecule is CCCCCCCCCCC1NC(=O)C(C(C)=O)=C1O. The zero-order valence-corrected chi connectivity index (χ0v) is 12.7. The van der Waals surface area contributed by atoms with Gasteiger partial charge in [-0.3, -0.25) is 9.59 Å². The van der Waals surface area contributed by atoms with Gasteiger partial charge in [-0.1, -0.05) is 58.3 Å². The van der Waals surface area contributed by atoms with E-state index >= 15 is 0 Å². The standard InChI is InChI=1S/C16H27NO3/c1-3-4-5-6-7-8-9-10-11-13-15(19)14(12(2)18)16(20)17-13/h13,19H,3-11H2,1-2H3,(H,17,20). The number of hydrogen-bond donors (Lipinski definition) is 2. The summed E-state index contributed by atoms with van der Waals surface area (Å²) in [5.74, 6) is -0.858. The van der Waals surface area contributed by atoms with E-state index in [9.17, 15) is 14.7 Å². The normalized spacial score (nSPS) is 18.5. The highest BCUT2D eigenvalue weighted by Crippen LogP contribution is 2.20. The second-order valence-corrected chi connectivity index (χ2v) is 5.61. The predicted octanol–water partition coefficient (Wildman–Crippen LogP) is 3.42. The van der Waals surface area contributed by atoms with E-state index in [-0.39, 0.29) is 23.2 Å². The first kappa shape index (κ1) is 16.7. The third kappa shape index (κ3) is 4.99. The molecule has 1 amide bonds. The lowest BCUT2D eigenvalue weighted by Crippen LogP contribution is -2.29. The first-order valence-electron chi connectivity index (χ1n) is 7.82. The Morgan fingerprint density at radius 1 is 1.10 bits per heavy atom. The van der Waals surface area contributed by atoms with Crippen molar-refractivity contribution in [3.8, 4) is 0 Å². The van der Waals surface area contributed by atoms with Crippen LogP contribution in [0.4, 0.5) is 0 Å². The number of rotatable bonds is 10. The summed E-state index contributed by atoms with van der Waals surface area (Å²) in [4.78, 5) is 22.8. The van der Waals surface area contributed by atoms with Gasteiger partial charge in [-0.2, -0.15) is 0 Å². The number of hydrogen-bond acceptors (Lipinski definition) is 3. The van der Waals surface area contributed by atoms with Crippen LogP contribution in [0, 0.1) is 0 Å². The molecule has 1 heterocycles. The van der Waals surface area contributed by atoms with Crippen molar-refractivity contribution >= 4 is 11.7 Å². The Morgan fingerprint density at radius 3 is 2.15 bits per heavy atom. The Morgan fingerprint density at radius 2 is 1.65 bits per heavy atom. The highest BCUT2D eigenvalue weighted by atomic mass is 16.3. The maximum atomic E-state index is 11.5. The molecule has 114 valence electrons. The first-order chi connectivity index (χ1) is 9.57. The molecule has 0 fully saturated rings. The minimum absolute atomic E-state index is 0.0606. The maximum Gasteiger partial charge on any atom is 0.258 e. The summed E-state index contributed by atoms with van der Waals surface area (Å²) in [6.45, 7) is 3.52. The molecule has 0 aliphatic carbocycles. The number of aliphatic hydroxyl groups excluding tert-OH is 1. The van der Waals surface area contributed by atoms with Crippen LogP contribution in [-0.4, -0.2) is 22.8 Å². The van der Waals surface area contributed by atoms with Crippen molar-refractivity contribution in [2.75, 3.05) is 0 Å². The van der Waals surface area contributed by atoms with Crippen LogP contribution in [0.15, 0.2) is 11.3 Å². The van der Waals surface area contributed by atoms with Crippen LogP contribution in [0.3, 0.4) is 0 Å². The molecule has 4 nitrogen and oxygen atoms in total. The molecule has 0 spiro atoms. The molecule has 1 aliphatic rings. The van der Waals surface area contributed by atoms with E-state index in [0.29, 0.717) is 6.42 Å².